The first kappa shape index (κ1) is 22.9. The molecule has 0 radical (unpaired) electrons. The largest absolute Gasteiger partial charge is 0.479 e. The van der Waals surface area contributed by atoms with Gasteiger partial charge in [0.1, 0.15) is 12.0 Å². The molecule has 2 aliphatic rings. The van der Waals surface area contributed by atoms with Gasteiger partial charge in [0.15, 0.2) is 6.04 Å². The zero-order valence-electron chi connectivity index (χ0n) is 17.2. The lowest BCUT2D eigenvalue weighted by atomic mass is 9.87. The molecule has 1 aromatic heterocycles. The van der Waals surface area contributed by atoms with Gasteiger partial charge in [0.2, 0.25) is 0 Å². The molecule has 2 heterocycles. The first-order chi connectivity index (χ1) is 15.6. The maximum Gasteiger partial charge on any atom is 0.431 e. The smallest absolute Gasteiger partial charge is 0.431 e. The van der Waals surface area contributed by atoms with E-state index >= 15 is 0 Å². The van der Waals surface area contributed by atoms with Crippen LogP contribution in [-0.2, 0) is 9.59 Å². The van der Waals surface area contributed by atoms with E-state index in [-0.39, 0.29) is 17.5 Å². The van der Waals surface area contributed by atoms with Crippen LogP contribution >= 0.6 is 0 Å². The molecule has 2 aromatic rings. The zero-order chi connectivity index (χ0) is 23.9. The number of anilines is 1. The number of aldehydes is 1. The summed E-state index contributed by atoms with van der Waals surface area (Å²) in [6, 6.07) is 0.262. The van der Waals surface area contributed by atoms with Gasteiger partial charge in [0.05, 0.1) is 17.2 Å². The summed E-state index contributed by atoms with van der Waals surface area (Å²) in [5.74, 6) is -1.64. The van der Waals surface area contributed by atoms with E-state index in [9.17, 15) is 36.6 Å². The highest BCUT2D eigenvalue weighted by molar-refractivity contribution is 5.89. The van der Waals surface area contributed by atoms with Crippen molar-refractivity contribution in [3.8, 4) is 0 Å². The van der Waals surface area contributed by atoms with Gasteiger partial charge >= 0.3 is 12.1 Å². The Balaban J connectivity index is 1.81. The molecule has 6 nitrogen and oxygen atoms in total. The summed E-state index contributed by atoms with van der Waals surface area (Å²) in [5.41, 5.74) is -2.46. The van der Waals surface area contributed by atoms with Crippen molar-refractivity contribution in [2.24, 2.45) is 5.92 Å². The van der Waals surface area contributed by atoms with Crippen molar-refractivity contribution in [3.63, 3.8) is 0 Å². The predicted octanol–water partition coefficient (Wildman–Crippen LogP) is 5.18. The van der Waals surface area contributed by atoms with Crippen LogP contribution in [0.3, 0.4) is 0 Å². The molecule has 176 valence electrons. The Morgan fingerprint density at radius 3 is 2.45 bits per heavy atom. The Morgan fingerprint density at radius 2 is 1.88 bits per heavy atom. The molecule has 1 atom stereocenters. The quantitative estimate of drug-likeness (QED) is 0.483. The summed E-state index contributed by atoms with van der Waals surface area (Å²) < 4.78 is 70.6. The normalized spacial score (nSPS) is 23.8. The van der Waals surface area contributed by atoms with Crippen LogP contribution in [0.2, 0.25) is 0 Å². The molecule has 1 fully saturated rings. The van der Waals surface area contributed by atoms with Crippen LogP contribution in [0, 0.1) is 5.92 Å². The van der Waals surface area contributed by atoms with Gasteiger partial charge < -0.3 is 14.8 Å². The molecule has 1 aliphatic carbocycles. The van der Waals surface area contributed by atoms with E-state index in [4.69, 9.17) is 0 Å². The average Bonchev–Trinajstić information content (AvgIpc) is 3.20. The second kappa shape index (κ2) is 8.60. The number of alkyl halides is 5. The van der Waals surface area contributed by atoms with Gasteiger partial charge in [0.25, 0.3) is 6.43 Å². The Hall–Kier alpha value is -3.24. The van der Waals surface area contributed by atoms with Gasteiger partial charge in [-0.1, -0.05) is 12.2 Å². The minimum absolute atomic E-state index is 0.0315. The lowest BCUT2D eigenvalue weighted by Crippen LogP contribution is -2.45. The highest BCUT2D eigenvalue weighted by Gasteiger charge is 2.44. The average molecular weight is 469 g/mol. The zero-order valence-corrected chi connectivity index (χ0v) is 17.2. The number of halogens is 5. The molecule has 0 spiro atoms. The minimum atomic E-state index is -4.96. The van der Waals surface area contributed by atoms with Crippen molar-refractivity contribution in [1.82, 2.24) is 9.78 Å². The van der Waals surface area contributed by atoms with Gasteiger partial charge in [-0.3, -0.25) is 4.68 Å². The van der Waals surface area contributed by atoms with E-state index in [1.54, 1.807) is 10.9 Å². The first-order valence-electron chi connectivity index (χ1n) is 10.3. The highest BCUT2D eigenvalue weighted by atomic mass is 19.4. The number of carboxylic acid groups (broad SMARTS) is 1. The van der Waals surface area contributed by atoms with Crippen LogP contribution in [0.1, 0.15) is 43.7 Å². The van der Waals surface area contributed by atoms with Crippen molar-refractivity contribution in [1.29, 1.82) is 0 Å². The van der Waals surface area contributed by atoms with Crippen molar-refractivity contribution in [3.05, 3.63) is 47.8 Å². The number of fused-ring (bicyclic) bond motifs is 1. The third-order valence-corrected chi connectivity index (χ3v) is 6.10. The van der Waals surface area contributed by atoms with Gasteiger partial charge in [0, 0.05) is 23.1 Å². The summed E-state index contributed by atoms with van der Waals surface area (Å²) >= 11 is 0. The third-order valence-electron chi connectivity index (χ3n) is 6.10. The van der Waals surface area contributed by atoms with Crippen molar-refractivity contribution >= 4 is 28.8 Å². The lowest BCUT2D eigenvalue weighted by Gasteiger charge is -2.35. The minimum Gasteiger partial charge on any atom is -0.479 e. The van der Waals surface area contributed by atoms with Crippen molar-refractivity contribution in [2.45, 2.75) is 50.4 Å². The van der Waals surface area contributed by atoms with Crippen LogP contribution in [0.5, 0.6) is 0 Å². The fourth-order valence-electron chi connectivity index (χ4n) is 4.44. The Bertz CT molecular complexity index is 1130. The number of aromatic nitrogens is 2. The fraction of sp³-hybridized carbons (Fsp3) is 0.409. The molecule has 1 N–H and O–H groups in total. The van der Waals surface area contributed by atoms with Crippen LogP contribution in [-0.4, -0.2) is 39.4 Å². The summed E-state index contributed by atoms with van der Waals surface area (Å²) in [6.07, 6.45) is -0.389. The molecule has 0 bridgehead atoms. The summed E-state index contributed by atoms with van der Waals surface area (Å²) in [7, 11) is 0. The molecule has 1 aliphatic heterocycles. The number of carboxylic acids is 1. The van der Waals surface area contributed by atoms with Crippen LogP contribution in [0.4, 0.5) is 27.6 Å². The second-order valence-electron chi connectivity index (χ2n) is 8.17. The van der Waals surface area contributed by atoms with Gasteiger partial charge in [-0.05, 0) is 43.9 Å². The van der Waals surface area contributed by atoms with E-state index in [1.165, 1.54) is 0 Å². The molecule has 33 heavy (non-hydrogen) atoms. The van der Waals surface area contributed by atoms with E-state index in [2.05, 4.69) is 5.10 Å². The number of carbonyl (C=O) groups excluding carboxylic acids is 1. The van der Waals surface area contributed by atoms with E-state index in [0.29, 0.717) is 42.0 Å². The fourth-order valence-corrected chi connectivity index (χ4v) is 4.44. The summed E-state index contributed by atoms with van der Waals surface area (Å²) in [5, 5.41) is 14.2. The number of aliphatic carboxylic acids is 1. The number of carbonyl (C=O) groups is 2. The highest BCUT2D eigenvalue weighted by Crippen LogP contribution is 2.42. The Kier molecular flexibility index (Phi) is 5.98. The number of hydrogen-bond acceptors (Lipinski definition) is 4. The number of hydrogen-bond donors (Lipinski definition) is 1. The molecular weight excluding hydrogens is 449 g/mol. The van der Waals surface area contributed by atoms with E-state index in [1.807, 2.05) is 0 Å². The number of rotatable bonds is 5. The second-order valence-corrected chi connectivity index (χ2v) is 8.17. The van der Waals surface area contributed by atoms with Crippen molar-refractivity contribution in [2.75, 3.05) is 4.90 Å². The standard InChI is InChI=1S/C22H20F5N3O3/c23-20(24)15-9-16-13(10-29(28-16)14-6-4-12(11-31)5-7-14)8-18(15)30-17(21(32)33)2-1-3-19(30)22(25,26)27/h1-3,8-12,14,17,20H,4-7H2,(H,32,33). The molecule has 1 aromatic carbocycles. The predicted molar refractivity (Wildman–Crippen MR) is 109 cm³/mol. The topological polar surface area (TPSA) is 75.4 Å². The van der Waals surface area contributed by atoms with Crippen LogP contribution in [0.15, 0.2) is 42.3 Å². The van der Waals surface area contributed by atoms with Gasteiger partial charge in [-0.25, -0.2) is 13.6 Å². The van der Waals surface area contributed by atoms with E-state index in [0.717, 1.165) is 30.6 Å². The molecule has 1 unspecified atom stereocenters. The van der Waals surface area contributed by atoms with Crippen molar-refractivity contribution < 1.29 is 36.6 Å². The van der Waals surface area contributed by atoms with Crippen LogP contribution < -0.4 is 4.90 Å². The van der Waals surface area contributed by atoms with Gasteiger partial charge in [-0.15, -0.1) is 0 Å². The molecule has 4 rings (SSSR count). The first-order valence-corrected chi connectivity index (χ1v) is 10.3. The Morgan fingerprint density at radius 1 is 1.18 bits per heavy atom. The SMILES string of the molecule is O=CC1CCC(n2cc3cc(N4C(C(F)(F)F)=CC=CC4C(=O)O)c(C(F)F)cc3n2)CC1. The molecule has 0 saturated heterocycles. The number of benzene rings is 1. The molecule has 0 amide bonds. The summed E-state index contributed by atoms with van der Waals surface area (Å²) in [6.45, 7) is 0. The monoisotopic (exact) mass is 469 g/mol. The lowest BCUT2D eigenvalue weighted by molar-refractivity contribution is -0.137. The van der Waals surface area contributed by atoms with Gasteiger partial charge in [-0.2, -0.15) is 18.3 Å². The maximum atomic E-state index is 13.9. The Labute approximate surface area is 185 Å². The number of nitrogens with zero attached hydrogens (tertiary/aromatic N) is 3. The summed E-state index contributed by atoms with van der Waals surface area (Å²) in [4.78, 5) is 23.1. The molecule has 11 heteroatoms. The molecule has 1 saturated carbocycles. The third kappa shape index (κ3) is 4.36. The van der Waals surface area contributed by atoms with Crippen LogP contribution in [0.25, 0.3) is 10.9 Å². The number of allylic oxidation sites excluding steroid dienone is 3. The molecular formula is C22H20F5N3O3. The van der Waals surface area contributed by atoms with E-state index < -0.39 is 41.6 Å². The maximum absolute atomic E-state index is 13.9.